The summed E-state index contributed by atoms with van der Waals surface area (Å²) in [5, 5.41) is 5.17. The Morgan fingerprint density at radius 1 is 1.61 bits per heavy atom. The average molecular weight is 289 g/mol. The summed E-state index contributed by atoms with van der Waals surface area (Å²) in [6.45, 7) is 7.66. The van der Waals surface area contributed by atoms with Crippen molar-refractivity contribution in [1.29, 1.82) is 0 Å². The fourth-order valence-electron chi connectivity index (χ4n) is 1.86. The SMILES string of the molecule is CCn1nc(C)c(Cl)c1CN(C)C(C)CC(N)=S. The zero-order chi connectivity index (χ0) is 13.9. The quantitative estimate of drug-likeness (QED) is 0.817. The van der Waals surface area contributed by atoms with Gasteiger partial charge < -0.3 is 5.73 Å². The molecule has 4 nitrogen and oxygen atoms in total. The van der Waals surface area contributed by atoms with Gasteiger partial charge >= 0.3 is 0 Å². The smallest absolute Gasteiger partial charge is 0.0860 e. The van der Waals surface area contributed by atoms with E-state index in [1.807, 2.05) is 18.7 Å². The predicted octanol–water partition coefficient (Wildman–Crippen LogP) is 2.36. The second kappa shape index (κ2) is 6.50. The summed E-state index contributed by atoms with van der Waals surface area (Å²) in [4.78, 5) is 2.73. The van der Waals surface area contributed by atoms with E-state index in [1.54, 1.807) is 0 Å². The number of hydrogen-bond acceptors (Lipinski definition) is 3. The van der Waals surface area contributed by atoms with Crippen molar-refractivity contribution in [3.63, 3.8) is 0 Å². The van der Waals surface area contributed by atoms with E-state index in [1.165, 1.54) is 0 Å². The van der Waals surface area contributed by atoms with E-state index in [0.717, 1.165) is 29.5 Å². The van der Waals surface area contributed by atoms with Crippen LogP contribution < -0.4 is 5.73 Å². The first-order chi connectivity index (χ1) is 8.36. The van der Waals surface area contributed by atoms with Crippen molar-refractivity contribution >= 4 is 28.8 Å². The Labute approximate surface area is 119 Å². The Morgan fingerprint density at radius 2 is 2.22 bits per heavy atom. The molecule has 1 unspecified atom stereocenters. The zero-order valence-electron chi connectivity index (χ0n) is 11.4. The molecule has 0 saturated carbocycles. The van der Waals surface area contributed by atoms with E-state index >= 15 is 0 Å². The molecule has 1 heterocycles. The van der Waals surface area contributed by atoms with Gasteiger partial charge in [0, 0.05) is 25.6 Å². The van der Waals surface area contributed by atoms with E-state index in [2.05, 4.69) is 23.8 Å². The number of nitrogens with zero attached hydrogens (tertiary/aromatic N) is 3. The van der Waals surface area contributed by atoms with Crippen LogP contribution in [0.15, 0.2) is 0 Å². The lowest BCUT2D eigenvalue weighted by Crippen LogP contribution is -2.32. The minimum atomic E-state index is 0.291. The first kappa shape index (κ1) is 15.4. The van der Waals surface area contributed by atoms with Gasteiger partial charge in [0.1, 0.15) is 0 Å². The van der Waals surface area contributed by atoms with E-state index in [0.29, 0.717) is 17.5 Å². The molecule has 0 fully saturated rings. The van der Waals surface area contributed by atoms with Crippen LogP contribution in [0.5, 0.6) is 0 Å². The highest BCUT2D eigenvalue weighted by atomic mass is 35.5. The third-order valence-electron chi connectivity index (χ3n) is 3.10. The van der Waals surface area contributed by atoms with E-state index < -0.39 is 0 Å². The summed E-state index contributed by atoms with van der Waals surface area (Å²) >= 11 is 11.2. The lowest BCUT2D eigenvalue weighted by molar-refractivity contribution is 0.247. The maximum Gasteiger partial charge on any atom is 0.0860 e. The van der Waals surface area contributed by atoms with Gasteiger partial charge in [0.15, 0.2) is 0 Å². The summed E-state index contributed by atoms with van der Waals surface area (Å²) < 4.78 is 1.95. The minimum Gasteiger partial charge on any atom is -0.393 e. The van der Waals surface area contributed by atoms with Crippen molar-refractivity contribution in [3.05, 3.63) is 16.4 Å². The van der Waals surface area contributed by atoms with Crippen LogP contribution in [0.2, 0.25) is 5.02 Å². The molecule has 0 amide bonds. The maximum absolute atomic E-state index is 6.29. The first-order valence-electron chi connectivity index (χ1n) is 6.07. The van der Waals surface area contributed by atoms with Crippen LogP contribution in [0.3, 0.4) is 0 Å². The molecule has 18 heavy (non-hydrogen) atoms. The van der Waals surface area contributed by atoms with Gasteiger partial charge in [0.2, 0.25) is 0 Å². The van der Waals surface area contributed by atoms with E-state index in [4.69, 9.17) is 29.6 Å². The summed E-state index contributed by atoms with van der Waals surface area (Å²) in [5.41, 5.74) is 7.50. The van der Waals surface area contributed by atoms with Gasteiger partial charge in [0.05, 0.1) is 21.4 Å². The van der Waals surface area contributed by atoms with Crippen molar-refractivity contribution in [2.45, 2.75) is 46.3 Å². The molecule has 0 saturated heterocycles. The largest absolute Gasteiger partial charge is 0.393 e. The molecule has 2 N–H and O–H groups in total. The van der Waals surface area contributed by atoms with Gasteiger partial charge in [-0.3, -0.25) is 9.58 Å². The molecule has 1 rings (SSSR count). The van der Waals surface area contributed by atoms with Gasteiger partial charge in [-0.25, -0.2) is 0 Å². The van der Waals surface area contributed by atoms with Gasteiger partial charge in [-0.15, -0.1) is 0 Å². The van der Waals surface area contributed by atoms with Crippen molar-refractivity contribution in [3.8, 4) is 0 Å². The molecule has 0 aromatic carbocycles. The molecule has 0 aliphatic carbocycles. The van der Waals surface area contributed by atoms with E-state index in [-0.39, 0.29) is 0 Å². The summed E-state index contributed by atoms with van der Waals surface area (Å²) in [7, 11) is 2.04. The maximum atomic E-state index is 6.29. The number of hydrogen-bond donors (Lipinski definition) is 1. The first-order valence-corrected chi connectivity index (χ1v) is 6.85. The number of rotatable bonds is 6. The fourth-order valence-corrected chi connectivity index (χ4v) is 2.30. The lowest BCUT2D eigenvalue weighted by atomic mass is 10.2. The second-order valence-corrected chi connectivity index (χ2v) is 5.50. The predicted molar refractivity (Wildman–Crippen MR) is 80.0 cm³/mol. The van der Waals surface area contributed by atoms with Gasteiger partial charge in [0.25, 0.3) is 0 Å². The van der Waals surface area contributed by atoms with Crippen LogP contribution in [0.1, 0.15) is 31.7 Å². The molecular formula is C12H21ClN4S. The normalized spacial score (nSPS) is 13.0. The lowest BCUT2D eigenvalue weighted by Gasteiger charge is -2.24. The number of halogens is 1. The minimum absolute atomic E-state index is 0.291. The van der Waals surface area contributed by atoms with Crippen molar-refractivity contribution < 1.29 is 0 Å². The standard InChI is InChI=1S/C12H21ClN4S/c1-5-17-10(12(13)9(3)15-17)7-16(4)8(2)6-11(14)18/h8H,5-7H2,1-4H3,(H2,14,18). The van der Waals surface area contributed by atoms with E-state index in [9.17, 15) is 0 Å². The Morgan fingerprint density at radius 3 is 2.72 bits per heavy atom. The van der Waals surface area contributed by atoms with Crippen LogP contribution in [0.25, 0.3) is 0 Å². The Balaban J connectivity index is 2.80. The molecule has 0 aliphatic rings. The van der Waals surface area contributed by atoms with Crippen molar-refractivity contribution in [2.75, 3.05) is 7.05 Å². The molecule has 0 bridgehead atoms. The molecule has 1 atom stereocenters. The highest BCUT2D eigenvalue weighted by molar-refractivity contribution is 7.80. The Hall–Kier alpha value is -0.650. The Bertz CT molecular complexity index is 430. The average Bonchev–Trinajstić information content (AvgIpc) is 2.55. The summed E-state index contributed by atoms with van der Waals surface area (Å²) in [6.07, 6.45) is 0.711. The van der Waals surface area contributed by atoms with Gasteiger partial charge in [-0.1, -0.05) is 23.8 Å². The Kier molecular flexibility index (Phi) is 5.56. The third-order valence-corrected chi connectivity index (χ3v) is 3.76. The van der Waals surface area contributed by atoms with Crippen molar-refractivity contribution in [1.82, 2.24) is 14.7 Å². The topological polar surface area (TPSA) is 47.1 Å². The van der Waals surface area contributed by atoms with Crippen LogP contribution in [0.4, 0.5) is 0 Å². The number of nitrogens with two attached hydrogens (primary N) is 1. The molecule has 6 heteroatoms. The highest BCUT2D eigenvalue weighted by Crippen LogP contribution is 2.22. The second-order valence-electron chi connectivity index (χ2n) is 4.60. The molecule has 1 aromatic rings. The van der Waals surface area contributed by atoms with Gasteiger partial charge in [-0.2, -0.15) is 5.10 Å². The monoisotopic (exact) mass is 288 g/mol. The van der Waals surface area contributed by atoms with Crippen LogP contribution in [-0.2, 0) is 13.1 Å². The molecule has 0 spiro atoms. The molecular weight excluding hydrogens is 268 g/mol. The summed E-state index contributed by atoms with van der Waals surface area (Å²) in [6, 6.07) is 0.291. The van der Waals surface area contributed by atoms with Crippen LogP contribution in [0, 0.1) is 6.92 Å². The highest BCUT2D eigenvalue weighted by Gasteiger charge is 2.17. The van der Waals surface area contributed by atoms with Crippen LogP contribution >= 0.6 is 23.8 Å². The number of thiocarbonyl (C=S) groups is 1. The zero-order valence-corrected chi connectivity index (χ0v) is 13.0. The third kappa shape index (κ3) is 3.67. The van der Waals surface area contributed by atoms with Crippen molar-refractivity contribution in [2.24, 2.45) is 5.73 Å². The fraction of sp³-hybridized carbons (Fsp3) is 0.667. The number of aromatic nitrogens is 2. The molecule has 0 radical (unpaired) electrons. The number of aryl methyl sites for hydroxylation is 2. The van der Waals surface area contributed by atoms with Gasteiger partial charge in [-0.05, 0) is 27.8 Å². The molecule has 102 valence electrons. The summed E-state index contributed by atoms with van der Waals surface area (Å²) in [5.74, 6) is 0. The molecule has 1 aromatic heterocycles. The van der Waals surface area contributed by atoms with Crippen LogP contribution in [-0.4, -0.2) is 32.8 Å². The molecule has 0 aliphatic heterocycles.